The molecule has 1 aliphatic rings. The molecule has 1 aliphatic heterocycles. The molecule has 1 amide bonds. The summed E-state index contributed by atoms with van der Waals surface area (Å²) in [4.78, 5) is 25.8. The van der Waals surface area contributed by atoms with Crippen LogP contribution < -0.4 is 15.3 Å². The summed E-state index contributed by atoms with van der Waals surface area (Å²) < 4.78 is 0. The second kappa shape index (κ2) is 8.07. The Labute approximate surface area is 158 Å². The zero-order valence-electron chi connectivity index (χ0n) is 15.6. The first-order chi connectivity index (χ1) is 13.0. The van der Waals surface area contributed by atoms with Crippen LogP contribution in [0, 0.1) is 16.0 Å². The number of carbonyl (C=O) groups is 1. The lowest BCUT2D eigenvalue weighted by molar-refractivity contribution is -0.384. The van der Waals surface area contributed by atoms with Gasteiger partial charge in [0, 0.05) is 31.8 Å². The predicted molar refractivity (Wildman–Crippen MR) is 106 cm³/mol. The molecule has 1 saturated heterocycles. The van der Waals surface area contributed by atoms with Gasteiger partial charge in [-0.25, -0.2) is 0 Å². The van der Waals surface area contributed by atoms with E-state index in [2.05, 4.69) is 12.3 Å². The third-order valence-corrected chi connectivity index (χ3v) is 4.84. The number of nitrogens with zero attached hydrogens (tertiary/aromatic N) is 3. The van der Waals surface area contributed by atoms with Crippen LogP contribution >= 0.6 is 0 Å². The first kappa shape index (κ1) is 18.7. The molecule has 0 bridgehead atoms. The molecule has 1 atom stereocenters. The molecule has 0 aromatic heterocycles. The van der Waals surface area contributed by atoms with Crippen molar-refractivity contribution in [1.29, 1.82) is 0 Å². The fraction of sp³-hybridized carbons (Fsp3) is 0.350. The molecular weight excluding hydrogens is 344 g/mol. The fourth-order valence-electron chi connectivity index (χ4n) is 3.42. The average Bonchev–Trinajstić information content (AvgIpc) is 2.68. The maximum Gasteiger partial charge on any atom is 0.293 e. The number of benzene rings is 2. The number of anilines is 2. The monoisotopic (exact) mass is 368 g/mol. The van der Waals surface area contributed by atoms with Gasteiger partial charge in [-0.05, 0) is 43.0 Å². The van der Waals surface area contributed by atoms with Crippen LogP contribution in [-0.2, 0) is 0 Å². The number of hydrazine groups is 1. The second-order valence-corrected chi connectivity index (χ2v) is 6.99. The van der Waals surface area contributed by atoms with Crippen molar-refractivity contribution in [2.24, 2.45) is 5.92 Å². The van der Waals surface area contributed by atoms with Crippen LogP contribution in [0.15, 0.2) is 48.5 Å². The average molecular weight is 368 g/mol. The normalized spacial score (nSPS) is 16.7. The van der Waals surface area contributed by atoms with E-state index in [4.69, 9.17) is 0 Å². The van der Waals surface area contributed by atoms with E-state index >= 15 is 0 Å². The molecule has 27 heavy (non-hydrogen) atoms. The Bertz CT molecular complexity index is 825. The summed E-state index contributed by atoms with van der Waals surface area (Å²) in [6.07, 6.45) is 2.15. The molecule has 0 aliphatic carbocycles. The van der Waals surface area contributed by atoms with Crippen molar-refractivity contribution in [2.75, 3.05) is 30.0 Å². The minimum atomic E-state index is -0.410. The maximum absolute atomic E-state index is 12.6. The van der Waals surface area contributed by atoms with Crippen LogP contribution in [0.2, 0.25) is 0 Å². The molecule has 1 N–H and O–H groups in total. The maximum atomic E-state index is 12.6. The Balaban J connectivity index is 1.81. The van der Waals surface area contributed by atoms with Crippen molar-refractivity contribution < 1.29 is 9.72 Å². The zero-order chi connectivity index (χ0) is 19.4. The van der Waals surface area contributed by atoms with Gasteiger partial charge in [0.1, 0.15) is 5.69 Å². The first-order valence-corrected chi connectivity index (χ1v) is 9.09. The molecule has 2 aromatic carbocycles. The highest BCUT2D eigenvalue weighted by molar-refractivity contribution is 5.96. The third kappa shape index (κ3) is 4.36. The molecule has 2 aromatic rings. The van der Waals surface area contributed by atoms with Gasteiger partial charge in [-0.15, -0.1) is 0 Å². The van der Waals surface area contributed by atoms with Crippen LogP contribution in [0.5, 0.6) is 0 Å². The van der Waals surface area contributed by atoms with Crippen molar-refractivity contribution in [3.63, 3.8) is 0 Å². The number of carbonyl (C=O) groups excluding carboxylic acids is 1. The van der Waals surface area contributed by atoms with E-state index in [1.54, 1.807) is 24.2 Å². The van der Waals surface area contributed by atoms with E-state index < -0.39 is 4.92 Å². The molecule has 0 spiro atoms. The number of rotatable bonds is 5. The highest BCUT2D eigenvalue weighted by Crippen LogP contribution is 2.32. The quantitative estimate of drug-likeness (QED) is 0.644. The number of nitro benzene ring substituents is 1. The minimum absolute atomic E-state index is 0.0286. The predicted octanol–water partition coefficient (Wildman–Crippen LogP) is 3.61. The van der Waals surface area contributed by atoms with Crippen molar-refractivity contribution in [3.05, 3.63) is 64.2 Å². The highest BCUT2D eigenvalue weighted by atomic mass is 16.6. The van der Waals surface area contributed by atoms with Crippen LogP contribution in [0.25, 0.3) is 0 Å². The van der Waals surface area contributed by atoms with Gasteiger partial charge in [0.2, 0.25) is 0 Å². The van der Waals surface area contributed by atoms with Gasteiger partial charge in [0.15, 0.2) is 0 Å². The highest BCUT2D eigenvalue weighted by Gasteiger charge is 2.25. The van der Waals surface area contributed by atoms with Crippen molar-refractivity contribution in [2.45, 2.75) is 19.8 Å². The lowest BCUT2D eigenvalue weighted by atomic mass is 9.99. The van der Waals surface area contributed by atoms with Crippen molar-refractivity contribution >= 4 is 23.0 Å². The fourth-order valence-corrected chi connectivity index (χ4v) is 3.42. The number of para-hydroxylation sites is 1. The summed E-state index contributed by atoms with van der Waals surface area (Å²) in [6.45, 7) is 3.75. The first-order valence-electron chi connectivity index (χ1n) is 9.09. The van der Waals surface area contributed by atoms with E-state index in [1.165, 1.54) is 6.07 Å². The summed E-state index contributed by atoms with van der Waals surface area (Å²) in [6, 6.07) is 14.1. The number of amides is 1. The van der Waals surface area contributed by atoms with E-state index in [1.807, 2.05) is 35.2 Å². The van der Waals surface area contributed by atoms with Crippen LogP contribution in [0.1, 0.15) is 30.1 Å². The van der Waals surface area contributed by atoms with E-state index in [0.29, 0.717) is 11.6 Å². The Morgan fingerprint density at radius 3 is 2.67 bits per heavy atom. The molecule has 1 fully saturated rings. The second-order valence-electron chi connectivity index (χ2n) is 6.99. The SMILES string of the molecule is C[C@@H]1CCCN(c2ccc(C(=O)NN(C)c3ccccc3)cc2[N+](=O)[O-])C1. The topological polar surface area (TPSA) is 78.7 Å². The third-order valence-electron chi connectivity index (χ3n) is 4.84. The van der Waals surface area contributed by atoms with Gasteiger partial charge >= 0.3 is 0 Å². The molecular formula is C20H24N4O3. The summed E-state index contributed by atoms with van der Waals surface area (Å²) >= 11 is 0. The van der Waals surface area contributed by atoms with E-state index in [0.717, 1.165) is 31.6 Å². The molecule has 0 radical (unpaired) electrons. The Hall–Kier alpha value is -3.09. The van der Waals surface area contributed by atoms with Gasteiger partial charge in [-0.2, -0.15) is 0 Å². The molecule has 142 valence electrons. The van der Waals surface area contributed by atoms with Crippen molar-refractivity contribution in [3.8, 4) is 0 Å². The van der Waals surface area contributed by atoms with Gasteiger partial charge in [-0.3, -0.25) is 25.3 Å². The van der Waals surface area contributed by atoms with Crippen LogP contribution in [0.4, 0.5) is 17.1 Å². The van der Waals surface area contributed by atoms with Gasteiger partial charge < -0.3 is 4.90 Å². The lowest BCUT2D eigenvalue weighted by Crippen LogP contribution is -2.39. The molecule has 0 unspecified atom stereocenters. The number of piperidine rings is 1. The van der Waals surface area contributed by atoms with Gasteiger partial charge in [0.05, 0.1) is 10.6 Å². The smallest absolute Gasteiger partial charge is 0.293 e. The van der Waals surface area contributed by atoms with Crippen LogP contribution in [-0.4, -0.2) is 31.0 Å². The Morgan fingerprint density at radius 2 is 2.00 bits per heavy atom. The Morgan fingerprint density at radius 1 is 1.26 bits per heavy atom. The van der Waals surface area contributed by atoms with Crippen molar-refractivity contribution in [1.82, 2.24) is 5.43 Å². The summed E-state index contributed by atoms with van der Waals surface area (Å²) in [5.74, 6) is 0.115. The molecule has 3 rings (SSSR count). The number of nitrogens with one attached hydrogen (secondary N) is 1. The molecule has 0 saturated carbocycles. The standard InChI is InChI=1S/C20H24N4O3/c1-15-7-6-12-23(14-15)18-11-10-16(13-19(18)24(26)27)20(25)21-22(2)17-8-4-3-5-9-17/h3-5,8-11,13,15H,6-7,12,14H2,1-2H3,(H,21,25)/t15-/m1/s1. The van der Waals surface area contributed by atoms with E-state index in [-0.39, 0.29) is 17.2 Å². The summed E-state index contributed by atoms with van der Waals surface area (Å²) in [5.41, 5.74) is 4.38. The summed E-state index contributed by atoms with van der Waals surface area (Å²) in [7, 11) is 1.73. The van der Waals surface area contributed by atoms with E-state index in [9.17, 15) is 14.9 Å². The number of hydrogen-bond donors (Lipinski definition) is 1. The number of hydrogen-bond acceptors (Lipinski definition) is 5. The molecule has 1 heterocycles. The summed E-state index contributed by atoms with van der Waals surface area (Å²) in [5, 5.41) is 13.2. The molecule has 7 heteroatoms. The lowest BCUT2D eigenvalue weighted by Gasteiger charge is -2.32. The minimum Gasteiger partial charge on any atom is -0.366 e. The van der Waals surface area contributed by atoms with Gasteiger partial charge in [0.25, 0.3) is 11.6 Å². The number of nitro groups is 1. The zero-order valence-corrected chi connectivity index (χ0v) is 15.6. The molecule has 7 nitrogen and oxygen atoms in total. The Kier molecular flexibility index (Phi) is 5.59. The van der Waals surface area contributed by atoms with Crippen LogP contribution in [0.3, 0.4) is 0 Å². The largest absolute Gasteiger partial charge is 0.366 e. The van der Waals surface area contributed by atoms with Gasteiger partial charge in [-0.1, -0.05) is 25.1 Å².